The Morgan fingerprint density at radius 2 is 1.91 bits per heavy atom. The van der Waals surface area contributed by atoms with Gasteiger partial charge in [0.1, 0.15) is 5.75 Å². The quantitative estimate of drug-likeness (QED) is 0.710. The maximum Gasteiger partial charge on any atom is 0.316 e. The third-order valence-corrected chi connectivity index (χ3v) is 6.71. The number of hydrogen-bond acceptors (Lipinski definition) is 7. The molecule has 0 saturated carbocycles. The Bertz CT molecular complexity index is 907. The van der Waals surface area contributed by atoms with Crippen molar-refractivity contribution in [2.75, 3.05) is 46.2 Å². The standard InChI is InChI=1S/C24H33N5O3/c1-28-12-10-19(23(30)27-20-8-4-5-9-21(20)31-2)22(28)18-7-6-11-29(16-18)15-17-13-25-24(32-3)26-14-17/h4-5,8-9,13-14,18-19,22H,6-7,10-12,15-16H2,1-3H3,(H,27,30)/t18-,19-,22+/m1/s1. The normalized spacial score (nSPS) is 24.3. The van der Waals surface area contributed by atoms with Gasteiger partial charge < -0.3 is 19.7 Å². The molecule has 0 spiro atoms. The van der Waals surface area contributed by atoms with Crippen LogP contribution in [0.5, 0.6) is 11.8 Å². The van der Waals surface area contributed by atoms with Crippen LogP contribution in [0.2, 0.25) is 0 Å². The van der Waals surface area contributed by atoms with Crippen molar-refractivity contribution in [1.29, 1.82) is 0 Å². The number of para-hydroxylation sites is 2. The highest BCUT2D eigenvalue weighted by Gasteiger charge is 2.42. The van der Waals surface area contributed by atoms with Gasteiger partial charge in [0.05, 0.1) is 25.8 Å². The second-order valence-electron chi connectivity index (χ2n) is 8.77. The number of aromatic nitrogens is 2. The van der Waals surface area contributed by atoms with Crippen LogP contribution in [-0.2, 0) is 11.3 Å². The molecule has 2 fully saturated rings. The monoisotopic (exact) mass is 439 g/mol. The lowest BCUT2D eigenvalue weighted by molar-refractivity contribution is -0.121. The lowest BCUT2D eigenvalue weighted by Crippen LogP contribution is -2.48. The Labute approximate surface area is 189 Å². The van der Waals surface area contributed by atoms with Crippen molar-refractivity contribution in [3.63, 3.8) is 0 Å². The van der Waals surface area contributed by atoms with Crippen LogP contribution < -0.4 is 14.8 Å². The van der Waals surface area contributed by atoms with Gasteiger partial charge in [0.15, 0.2) is 0 Å². The number of benzene rings is 1. The molecule has 0 radical (unpaired) electrons. The van der Waals surface area contributed by atoms with Crippen LogP contribution in [0.1, 0.15) is 24.8 Å². The first-order valence-electron chi connectivity index (χ1n) is 11.3. The number of carbonyl (C=O) groups excluding carboxylic acids is 1. The lowest BCUT2D eigenvalue weighted by Gasteiger charge is -2.39. The first-order valence-corrected chi connectivity index (χ1v) is 11.3. The molecule has 1 N–H and O–H groups in total. The molecule has 0 bridgehead atoms. The first-order chi connectivity index (χ1) is 15.6. The van der Waals surface area contributed by atoms with Crippen molar-refractivity contribution < 1.29 is 14.3 Å². The van der Waals surface area contributed by atoms with Gasteiger partial charge in [-0.3, -0.25) is 9.69 Å². The number of carbonyl (C=O) groups is 1. The number of hydrogen-bond donors (Lipinski definition) is 1. The molecule has 8 nitrogen and oxygen atoms in total. The molecule has 32 heavy (non-hydrogen) atoms. The second-order valence-corrected chi connectivity index (χ2v) is 8.77. The highest BCUT2D eigenvalue weighted by Crippen LogP contribution is 2.35. The van der Waals surface area contributed by atoms with Gasteiger partial charge in [-0.1, -0.05) is 12.1 Å². The van der Waals surface area contributed by atoms with Crippen molar-refractivity contribution in [3.05, 3.63) is 42.2 Å². The van der Waals surface area contributed by atoms with Crippen LogP contribution in [-0.4, -0.2) is 72.6 Å². The molecule has 172 valence electrons. The third-order valence-electron chi connectivity index (χ3n) is 6.71. The lowest BCUT2D eigenvalue weighted by atomic mass is 9.83. The van der Waals surface area contributed by atoms with Gasteiger partial charge in [-0.05, 0) is 57.5 Å². The Balaban J connectivity index is 1.42. The molecule has 2 aliphatic rings. The molecule has 1 aromatic carbocycles. The van der Waals surface area contributed by atoms with E-state index in [-0.39, 0.29) is 17.9 Å². The van der Waals surface area contributed by atoms with E-state index >= 15 is 0 Å². The van der Waals surface area contributed by atoms with E-state index in [0.717, 1.165) is 56.7 Å². The number of anilines is 1. The van der Waals surface area contributed by atoms with Gasteiger partial charge in [0, 0.05) is 37.1 Å². The number of amides is 1. The highest BCUT2D eigenvalue weighted by atomic mass is 16.5. The van der Waals surface area contributed by atoms with E-state index in [1.807, 2.05) is 36.7 Å². The molecule has 8 heteroatoms. The number of methoxy groups -OCH3 is 2. The molecular formula is C24H33N5O3. The zero-order valence-electron chi connectivity index (χ0n) is 19.2. The first kappa shape index (κ1) is 22.5. The van der Waals surface area contributed by atoms with Crippen molar-refractivity contribution in [1.82, 2.24) is 19.8 Å². The van der Waals surface area contributed by atoms with E-state index in [2.05, 4.69) is 32.1 Å². The molecule has 2 saturated heterocycles. The fraction of sp³-hybridized carbons (Fsp3) is 0.542. The minimum Gasteiger partial charge on any atom is -0.495 e. The second kappa shape index (κ2) is 10.3. The van der Waals surface area contributed by atoms with Crippen LogP contribution in [0.25, 0.3) is 0 Å². The van der Waals surface area contributed by atoms with E-state index in [9.17, 15) is 4.79 Å². The van der Waals surface area contributed by atoms with Crippen molar-refractivity contribution >= 4 is 11.6 Å². The fourth-order valence-corrected chi connectivity index (χ4v) is 5.22. The van der Waals surface area contributed by atoms with Gasteiger partial charge in [-0.2, -0.15) is 0 Å². The van der Waals surface area contributed by atoms with Crippen LogP contribution in [0, 0.1) is 11.8 Å². The summed E-state index contributed by atoms with van der Waals surface area (Å²) < 4.78 is 10.5. The summed E-state index contributed by atoms with van der Waals surface area (Å²) in [6.07, 6.45) is 6.82. The Hall–Kier alpha value is -2.71. The number of piperidine rings is 1. The van der Waals surface area contributed by atoms with Crippen LogP contribution >= 0.6 is 0 Å². The minimum atomic E-state index is -0.0285. The zero-order chi connectivity index (χ0) is 22.5. The SMILES string of the molecule is COc1ncc(CN2CCC[C@@H]([C@H]3[C@H](C(=O)Nc4ccccc4OC)CCN3C)C2)cn1. The van der Waals surface area contributed by atoms with Gasteiger partial charge >= 0.3 is 6.01 Å². The smallest absolute Gasteiger partial charge is 0.316 e. The number of ether oxygens (including phenoxy) is 2. The zero-order valence-corrected chi connectivity index (χ0v) is 19.2. The van der Waals surface area contributed by atoms with Crippen LogP contribution in [0.3, 0.4) is 0 Å². The molecule has 2 aliphatic heterocycles. The van der Waals surface area contributed by atoms with E-state index < -0.39 is 0 Å². The van der Waals surface area contributed by atoms with Gasteiger partial charge in [-0.15, -0.1) is 0 Å². The van der Waals surface area contributed by atoms with Gasteiger partial charge in [0.2, 0.25) is 5.91 Å². The molecular weight excluding hydrogens is 406 g/mol. The van der Waals surface area contributed by atoms with Gasteiger partial charge in [-0.25, -0.2) is 9.97 Å². The summed E-state index contributed by atoms with van der Waals surface area (Å²) in [5.74, 6) is 1.20. The third kappa shape index (κ3) is 5.02. The van der Waals surface area contributed by atoms with E-state index in [1.165, 1.54) is 0 Å². The van der Waals surface area contributed by atoms with Crippen molar-refractivity contribution in [3.8, 4) is 11.8 Å². The summed E-state index contributed by atoms with van der Waals surface area (Å²) in [6, 6.07) is 8.21. The van der Waals surface area contributed by atoms with Crippen LogP contribution in [0.4, 0.5) is 5.69 Å². The molecule has 3 atom stereocenters. The molecule has 4 rings (SSSR count). The van der Waals surface area contributed by atoms with E-state index in [1.54, 1.807) is 14.2 Å². The summed E-state index contributed by atoms with van der Waals surface area (Å²) in [4.78, 5) is 26.6. The summed E-state index contributed by atoms with van der Waals surface area (Å²) in [7, 11) is 5.35. The Morgan fingerprint density at radius 3 is 2.66 bits per heavy atom. The maximum atomic E-state index is 13.3. The molecule has 0 unspecified atom stereocenters. The molecule has 1 aromatic heterocycles. The molecule has 1 amide bonds. The topological polar surface area (TPSA) is 79.8 Å². The molecule has 3 heterocycles. The Kier molecular flexibility index (Phi) is 7.22. The minimum absolute atomic E-state index is 0.0285. The fourth-order valence-electron chi connectivity index (χ4n) is 5.22. The summed E-state index contributed by atoms with van der Waals surface area (Å²) >= 11 is 0. The molecule has 2 aromatic rings. The number of rotatable bonds is 7. The summed E-state index contributed by atoms with van der Waals surface area (Å²) in [5, 5.41) is 3.12. The summed E-state index contributed by atoms with van der Waals surface area (Å²) in [5.41, 5.74) is 1.81. The van der Waals surface area contributed by atoms with Crippen LogP contribution in [0.15, 0.2) is 36.7 Å². The van der Waals surface area contributed by atoms with Crippen molar-refractivity contribution in [2.24, 2.45) is 11.8 Å². The summed E-state index contributed by atoms with van der Waals surface area (Å²) in [6.45, 7) is 3.78. The Morgan fingerprint density at radius 1 is 1.12 bits per heavy atom. The number of nitrogens with zero attached hydrogens (tertiary/aromatic N) is 4. The van der Waals surface area contributed by atoms with Gasteiger partial charge in [0.25, 0.3) is 0 Å². The van der Waals surface area contributed by atoms with Crippen molar-refractivity contribution in [2.45, 2.75) is 31.8 Å². The predicted octanol–water partition coefficient (Wildman–Crippen LogP) is 2.66. The average Bonchev–Trinajstić information content (AvgIpc) is 3.21. The number of likely N-dealkylation sites (tertiary alicyclic amines) is 2. The predicted molar refractivity (Wildman–Crippen MR) is 123 cm³/mol. The maximum absolute atomic E-state index is 13.3. The highest BCUT2D eigenvalue weighted by molar-refractivity contribution is 5.94. The largest absolute Gasteiger partial charge is 0.495 e. The number of nitrogens with one attached hydrogen (secondary N) is 1. The van der Waals surface area contributed by atoms with E-state index in [0.29, 0.717) is 17.7 Å². The average molecular weight is 440 g/mol. The van der Waals surface area contributed by atoms with E-state index in [4.69, 9.17) is 9.47 Å². The molecule has 0 aliphatic carbocycles.